The molecule has 11 heteroatoms. The van der Waals surface area contributed by atoms with Gasteiger partial charge in [0.25, 0.3) is 5.91 Å². The highest BCUT2D eigenvalue weighted by Gasteiger charge is 2.37. The minimum absolute atomic E-state index is 0.0398. The Bertz CT molecular complexity index is 1290. The van der Waals surface area contributed by atoms with Crippen LogP contribution in [0.5, 0.6) is 0 Å². The molecule has 1 atom stereocenters. The lowest BCUT2D eigenvalue weighted by molar-refractivity contribution is -0.143. The molecule has 0 unspecified atom stereocenters. The molecule has 4 rings (SSSR count). The first kappa shape index (κ1) is 22.4. The van der Waals surface area contributed by atoms with Crippen molar-refractivity contribution in [2.75, 3.05) is 5.32 Å². The largest absolute Gasteiger partial charge is 0.416 e. The minimum atomic E-state index is -5.06. The Kier molecular flexibility index (Phi) is 5.15. The molecule has 168 valence electrons. The maximum atomic E-state index is 13.1. The number of amides is 1. The van der Waals surface area contributed by atoms with Crippen LogP contribution in [-0.2, 0) is 18.8 Å². The topological polar surface area (TPSA) is 51.1 Å². The average molecular weight is 519 g/mol. The van der Waals surface area contributed by atoms with E-state index in [4.69, 9.17) is 0 Å². The van der Waals surface area contributed by atoms with Crippen LogP contribution in [0, 0.1) is 0 Å². The highest BCUT2D eigenvalue weighted by molar-refractivity contribution is 9.10. The van der Waals surface area contributed by atoms with Crippen molar-refractivity contribution in [3.8, 4) is 0 Å². The van der Waals surface area contributed by atoms with Crippen molar-refractivity contribution in [2.45, 2.75) is 31.7 Å². The van der Waals surface area contributed by atoms with Gasteiger partial charge in [0.2, 0.25) is 5.43 Å². The van der Waals surface area contributed by atoms with E-state index in [1.165, 1.54) is 12.3 Å². The summed E-state index contributed by atoms with van der Waals surface area (Å²) >= 11 is 3.31. The maximum Gasteiger partial charge on any atom is 0.416 e. The van der Waals surface area contributed by atoms with Crippen molar-refractivity contribution in [3.63, 3.8) is 0 Å². The molecular formula is C21H13BrF6N2O2. The fraction of sp³-hybridized carbons (Fsp3) is 0.238. The number of halogens is 7. The summed E-state index contributed by atoms with van der Waals surface area (Å²) in [5.74, 6) is -1.10. The molecule has 2 aromatic carbocycles. The molecule has 2 heterocycles. The first-order valence-electron chi connectivity index (χ1n) is 9.24. The van der Waals surface area contributed by atoms with Gasteiger partial charge < -0.3 is 9.88 Å². The molecule has 32 heavy (non-hydrogen) atoms. The Balaban J connectivity index is 1.81. The number of rotatable bonds is 2. The zero-order valence-electron chi connectivity index (χ0n) is 16.2. The summed E-state index contributed by atoms with van der Waals surface area (Å²) < 4.78 is 80.8. The normalized spacial score (nSPS) is 15.9. The van der Waals surface area contributed by atoms with Gasteiger partial charge in [0.05, 0.1) is 16.6 Å². The van der Waals surface area contributed by atoms with Crippen LogP contribution in [0.15, 0.2) is 45.8 Å². The van der Waals surface area contributed by atoms with Crippen molar-refractivity contribution in [1.82, 2.24) is 4.57 Å². The maximum absolute atomic E-state index is 13.1. The molecule has 1 aromatic heterocycles. The van der Waals surface area contributed by atoms with Crippen LogP contribution in [0.2, 0.25) is 0 Å². The molecule has 1 aliphatic rings. The minimum Gasteiger partial charge on any atom is -0.343 e. The van der Waals surface area contributed by atoms with Gasteiger partial charge in [-0.3, -0.25) is 9.59 Å². The number of nitrogens with one attached hydrogen (secondary N) is 1. The van der Waals surface area contributed by atoms with E-state index in [0.29, 0.717) is 28.5 Å². The summed E-state index contributed by atoms with van der Waals surface area (Å²) in [6, 6.07) is 4.02. The molecular weight excluding hydrogens is 506 g/mol. The van der Waals surface area contributed by atoms with E-state index in [9.17, 15) is 35.9 Å². The first-order valence-corrected chi connectivity index (χ1v) is 10.0. The first-order chi connectivity index (χ1) is 14.8. The molecule has 3 aromatic rings. The quantitative estimate of drug-likeness (QED) is 0.412. The predicted octanol–water partition coefficient (Wildman–Crippen LogP) is 6.17. The number of carbonyl (C=O) groups excluding carboxylic acids is 1. The van der Waals surface area contributed by atoms with Gasteiger partial charge in [-0.1, -0.05) is 15.9 Å². The number of alkyl halides is 6. The van der Waals surface area contributed by atoms with Gasteiger partial charge in [0.15, 0.2) is 0 Å². The number of aromatic nitrogens is 1. The third-order valence-corrected chi connectivity index (χ3v) is 5.71. The molecule has 0 spiro atoms. The van der Waals surface area contributed by atoms with E-state index < -0.39 is 40.5 Å². The Hall–Kier alpha value is -2.82. The lowest BCUT2D eigenvalue weighted by Crippen LogP contribution is -2.24. The van der Waals surface area contributed by atoms with Gasteiger partial charge in [-0.05, 0) is 49.2 Å². The monoisotopic (exact) mass is 518 g/mol. The number of nitrogens with zero attached hydrogens (tertiary/aromatic N) is 1. The van der Waals surface area contributed by atoms with Crippen LogP contribution in [0.1, 0.15) is 40.0 Å². The molecule has 1 aliphatic heterocycles. The molecule has 0 fully saturated rings. The zero-order valence-corrected chi connectivity index (χ0v) is 17.7. The Morgan fingerprint density at radius 2 is 1.62 bits per heavy atom. The number of hydrogen-bond acceptors (Lipinski definition) is 2. The van der Waals surface area contributed by atoms with Crippen LogP contribution in [0.25, 0.3) is 10.9 Å². The molecule has 1 N–H and O–H groups in total. The SMILES string of the molecule is C[C@@H]1Cc2cc(Br)cc3c(=O)c(C(=O)Nc4cc(C(F)(F)F)cc(C(F)(F)F)c4)cn1c23. The lowest BCUT2D eigenvalue weighted by Gasteiger charge is -2.16. The van der Waals surface area contributed by atoms with Crippen molar-refractivity contribution in [3.05, 3.63) is 73.5 Å². The van der Waals surface area contributed by atoms with Crippen LogP contribution < -0.4 is 10.7 Å². The number of pyridine rings is 1. The van der Waals surface area contributed by atoms with E-state index in [0.717, 1.165) is 5.56 Å². The molecule has 0 saturated carbocycles. The molecule has 0 aliphatic carbocycles. The van der Waals surface area contributed by atoms with Gasteiger partial charge in [-0.25, -0.2) is 0 Å². The summed E-state index contributed by atoms with van der Waals surface area (Å²) in [6.07, 6.45) is -8.24. The highest BCUT2D eigenvalue weighted by atomic mass is 79.9. The molecule has 1 amide bonds. The van der Waals surface area contributed by atoms with Gasteiger partial charge in [0.1, 0.15) is 5.56 Å². The number of hydrogen-bond donors (Lipinski definition) is 1. The smallest absolute Gasteiger partial charge is 0.343 e. The standard InChI is InChI=1S/C21H13BrF6N2O2/c1-9-2-10-3-13(22)7-15-17(10)30(9)8-16(18(15)31)19(32)29-14-5-11(20(23,24)25)4-12(6-14)21(26,27)28/h3-9H,2H2,1H3,(H,29,32)/t9-/m1/s1. The third-order valence-electron chi connectivity index (χ3n) is 5.25. The van der Waals surface area contributed by atoms with E-state index in [1.54, 1.807) is 4.57 Å². The number of benzene rings is 2. The van der Waals surface area contributed by atoms with E-state index in [2.05, 4.69) is 15.9 Å². The lowest BCUT2D eigenvalue weighted by atomic mass is 10.1. The number of carbonyl (C=O) groups is 1. The zero-order chi connectivity index (χ0) is 23.6. The third kappa shape index (κ3) is 3.89. The molecule has 4 nitrogen and oxygen atoms in total. The molecule has 0 bridgehead atoms. The fourth-order valence-corrected chi connectivity index (χ4v) is 4.35. The Morgan fingerprint density at radius 1 is 1.03 bits per heavy atom. The summed E-state index contributed by atoms with van der Waals surface area (Å²) in [5, 5.41) is 2.25. The summed E-state index contributed by atoms with van der Waals surface area (Å²) in [6.45, 7) is 1.86. The summed E-state index contributed by atoms with van der Waals surface area (Å²) in [7, 11) is 0. The molecule has 0 radical (unpaired) electrons. The van der Waals surface area contributed by atoms with Crippen LogP contribution >= 0.6 is 15.9 Å². The van der Waals surface area contributed by atoms with Crippen molar-refractivity contribution >= 4 is 38.4 Å². The van der Waals surface area contributed by atoms with Crippen molar-refractivity contribution < 1.29 is 31.1 Å². The summed E-state index contributed by atoms with van der Waals surface area (Å²) in [5.41, 5.74) is -3.40. The molecule has 0 saturated heterocycles. The fourth-order valence-electron chi connectivity index (χ4n) is 3.85. The van der Waals surface area contributed by atoms with E-state index in [-0.39, 0.29) is 23.1 Å². The van der Waals surface area contributed by atoms with Crippen molar-refractivity contribution in [1.29, 1.82) is 0 Å². The summed E-state index contributed by atoms with van der Waals surface area (Å²) in [4.78, 5) is 25.7. The van der Waals surface area contributed by atoms with Gasteiger partial charge in [-0.2, -0.15) is 26.3 Å². The van der Waals surface area contributed by atoms with Gasteiger partial charge in [0, 0.05) is 27.8 Å². The Labute approximate surface area is 185 Å². The van der Waals surface area contributed by atoms with Gasteiger partial charge in [-0.15, -0.1) is 0 Å². The highest BCUT2D eigenvalue weighted by Crippen LogP contribution is 2.38. The van der Waals surface area contributed by atoms with E-state index in [1.807, 2.05) is 18.3 Å². The Morgan fingerprint density at radius 3 is 2.19 bits per heavy atom. The average Bonchev–Trinajstić information content (AvgIpc) is 2.97. The van der Waals surface area contributed by atoms with Crippen LogP contribution in [0.3, 0.4) is 0 Å². The number of anilines is 1. The van der Waals surface area contributed by atoms with Gasteiger partial charge >= 0.3 is 12.4 Å². The second-order valence-corrected chi connectivity index (χ2v) is 8.46. The second kappa shape index (κ2) is 7.36. The van der Waals surface area contributed by atoms with Crippen molar-refractivity contribution in [2.24, 2.45) is 0 Å². The predicted molar refractivity (Wildman–Crippen MR) is 109 cm³/mol. The van der Waals surface area contributed by atoms with Crippen LogP contribution in [-0.4, -0.2) is 10.5 Å². The van der Waals surface area contributed by atoms with E-state index >= 15 is 0 Å². The van der Waals surface area contributed by atoms with Crippen LogP contribution in [0.4, 0.5) is 32.0 Å². The second-order valence-electron chi connectivity index (χ2n) is 7.54.